The minimum absolute atomic E-state index is 0.0166. The maximum Gasteiger partial charge on any atom is 0.326 e. The number of rotatable bonds is 9. The highest BCUT2D eigenvalue weighted by molar-refractivity contribution is 7.89. The molecule has 0 bridgehead atoms. The summed E-state index contributed by atoms with van der Waals surface area (Å²) in [5.74, 6) is -1.72. The third-order valence-corrected chi connectivity index (χ3v) is 5.08. The first-order chi connectivity index (χ1) is 11.6. The van der Waals surface area contributed by atoms with E-state index in [0.717, 1.165) is 0 Å². The molecule has 0 fully saturated rings. The minimum atomic E-state index is -3.95. The van der Waals surface area contributed by atoms with Crippen LogP contribution in [-0.4, -0.2) is 44.6 Å². The second kappa shape index (κ2) is 8.82. The highest BCUT2D eigenvalue weighted by Crippen LogP contribution is 2.17. The number of carboxylic acids is 1. The number of carboxylic acid groups (broad SMARTS) is 1. The first-order valence-corrected chi connectivity index (χ1v) is 9.30. The van der Waals surface area contributed by atoms with Crippen molar-refractivity contribution < 1.29 is 27.9 Å². The van der Waals surface area contributed by atoms with Crippen molar-refractivity contribution in [2.45, 2.75) is 44.2 Å². The van der Waals surface area contributed by atoms with Gasteiger partial charge in [0.1, 0.15) is 17.8 Å². The number of hydrogen-bond donors (Lipinski definition) is 3. The Hall–Kier alpha value is -2.13. The van der Waals surface area contributed by atoms with E-state index in [0.29, 0.717) is 5.75 Å². The quantitative estimate of drug-likeness (QED) is 0.594. The van der Waals surface area contributed by atoms with Gasteiger partial charge in [0.05, 0.1) is 12.0 Å². The van der Waals surface area contributed by atoms with Crippen LogP contribution < -0.4 is 14.8 Å². The fraction of sp³-hybridized carbons (Fsp3) is 0.500. The summed E-state index contributed by atoms with van der Waals surface area (Å²) < 4.78 is 32.3. The lowest BCUT2D eigenvalue weighted by atomic mass is 10.0. The molecule has 1 amide bonds. The van der Waals surface area contributed by atoms with Gasteiger partial charge in [-0.3, -0.25) is 4.79 Å². The lowest BCUT2D eigenvalue weighted by Crippen LogP contribution is -2.53. The minimum Gasteiger partial charge on any atom is -0.497 e. The van der Waals surface area contributed by atoms with Crippen LogP contribution in [0.5, 0.6) is 5.75 Å². The monoisotopic (exact) mass is 372 g/mol. The molecule has 0 spiro atoms. The molecule has 0 aliphatic rings. The molecule has 0 heterocycles. The molecule has 0 aliphatic carbocycles. The predicted molar refractivity (Wildman–Crippen MR) is 91.8 cm³/mol. The Balaban J connectivity index is 2.98. The maximum absolute atomic E-state index is 12.5. The van der Waals surface area contributed by atoms with Gasteiger partial charge in [-0.2, -0.15) is 4.72 Å². The van der Waals surface area contributed by atoms with E-state index in [-0.39, 0.29) is 17.2 Å². The Morgan fingerprint density at radius 2 is 1.76 bits per heavy atom. The van der Waals surface area contributed by atoms with Gasteiger partial charge < -0.3 is 15.2 Å². The van der Waals surface area contributed by atoms with Crippen LogP contribution in [0.4, 0.5) is 0 Å². The van der Waals surface area contributed by atoms with Gasteiger partial charge in [-0.05, 0) is 36.6 Å². The van der Waals surface area contributed by atoms with Gasteiger partial charge in [-0.15, -0.1) is 0 Å². The molecular formula is C16H24N2O6S. The van der Waals surface area contributed by atoms with Crippen LogP contribution in [0.15, 0.2) is 29.2 Å². The second-order valence-corrected chi connectivity index (χ2v) is 7.54. The zero-order chi connectivity index (χ0) is 19.2. The van der Waals surface area contributed by atoms with Gasteiger partial charge in [0.15, 0.2) is 0 Å². The first-order valence-electron chi connectivity index (χ1n) is 7.82. The van der Waals surface area contributed by atoms with Crippen LogP contribution in [0.25, 0.3) is 0 Å². The van der Waals surface area contributed by atoms with E-state index < -0.39 is 34.0 Å². The van der Waals surface area contributed by atoms with Crippen LogP contribution in [0, 0.1) is 5.92 Å². The number of sulfonamides is 1. The lowest BCUT2D eigenvalue weighted by molar-refractivity contribution is -0.142. The maximum atomic E-state index is 12.5. The lowest BCUT2D eigenvalue weighted by Gasteiger charge is -2.23. The summed E-state index contributed by atoms with van der Waals surface area (Å²) >= 11 is 0. The van der Waals surface area contributed by atoms with E-state index in [4.69, 9.17) is 9.84 Å². The number of ether oxygens (including phenoxy) is 1. The van der Waals surface area contributed by atoms with Crippen molar-refractivity contribution >= 4 is 21.9 Å². The van der Waals surface area contributed by atoms with E-state index in [1.54, 1.807) is 20.8 Å². The molecule has 0 radical (unpaired) electrons. The van der Waals surface area contributed by atoms with Crippen LogP contribution >= 0.6 is 0 Å². The third-order valence-electron chi connectivity index (χ3n) is 3.62. The molecule has 0 aliphatic heterocycles. The number of benzene rings is 1. The summed E-state index contributed by atoms with van der Waals surface area (Å²) in [4.78, 5) is 23.4. The normalized spacial score (nSPS) is 14.0. The molecule has 140 valence electrons. The number of carbonyl (C=O) groups excluding carboxylic acids is 1. The highest BCUT2D eigenvalue weighted by Gasteiger charge is 2.30. The van der Waals surface area contributed by atoms with Gasteiger partial charge in [-0.25, -0.2) is 13.2 Å². The van der Waals surface area contributed by atoms with Crippen LogP contribution in [0.1, 0.15) is 27.2 Å². The second-order valence-electron chi connectivity index (χ2n) is 5.83. The Bertz CT molecular complexity index is 700. The smallest absolute Gasteiger partial charge is 0.326 e. The van der Waals surface area contributed by atoms with Gasteiger partial charge >= 0.3 is 5.97 Å². The molecule has 1 aromatic rings. The number of methoxy groups -OCH3 is 1. The first kappa shape index (κ1) is 20.9. The molecule has 0 aromatic heterocycles. The van der Waals surface area contributed by atoms with E-state index >= 15 is 0 Å². The van der Waals surface area contributed by atoms with Gasteiger partial charge in [0, 0.05) is 0 Å². The number of aliphatic carboxylic acids is 1. The number of nitrogens with one attached hydrogen (secondary N) is 2. The average Bonchev–Trinajstić information content (AvgIpc) is 2.56. The summed E-state index contributed by atoms with van der Waals surface area (Å²) in [5, 5.41) is 11.4. The SMILES string of the molecule is CCC(NC(=O)C(NS(=O)(=O)c1ccc(OC)cc1)C(C)C)C(=O)O. The summed E-state index contributed by atoms with van der Waals surface area (Å²) in [7, 11) is -2.49. The molecule has 2 unspecified atom stereocenters. The average molecular weight is 372 g/mol. The topological polar surface area (TPSA) is 122 Å². The van der Waals surface area contributed by atoms with Crippen molar-refractivity contribution in [3.8, 4) is 5.75 Å². The molecule has 8 nitrogen and oxygen atoms in total. The fourth-order valence-electron chi connectivity index (χ4n) is 2.08. The molecule has 0 saturated carbocycles. The molecular weight excluding hydrogens is 348 g/mol. The van der Waals surface area contributed by atoms with Crippen molar-refractivity contribution in [2.24, 2.45) is 5.92 Å². The number of carbonyl (C=O) groups is 2. The molecule has 0 saturated heterocycles. The molecule has 3 N–H and O–H groups in total. The summed E-state index contributed by atoms with van der Waals surface area (Å²) in [6.07, 6.45) is 0.192. The molecule has 1 aromatic carbocycles. The predicted octanol–water partition coefficient (Wildman–Crippen LogP) is 0.978. The van der Waals surface area contributed by atoms with E-state index in [9.17, 15) is 18.0 Å². The number of hydrogen-bond acceptors (Lipinski definition) is 5. The van der Waals surface area contributed by atoms with Crippen LogP contribution in [0.3, 0.4) is 0 Å². The number of amides is 1. The Labute approximate surface area is 147 Å². The third kappa shape index (κ3) is 5.71. The largest absolute Gasteiger partial charge is 0.497 e. The van der Waals surface area contributed by atoms with Crippen molar-refractivity contribution in [2.75, 3.05) is 7.11 Å². The standard InChI is InChI=1S/C16H24N2O6S/c1-5-13(16(20)21)17-15(19)14(10(2)3)18-25(22,23)12-8-6-11(24-4)7-9-12/h6-10,13-14,18H,5H2,1-4H3,(H,17,19)(H,20,21). The molecule has 9 heteroatoms. The summed E-state index contributed by atoms with van der Waals surface area (Å²) in [6.45, 7) is 4.95. The summed E-state index contributed by atoms with van der Waals surface area (Å²) in [5.41, 5.74) is 0. The van der Waals surface area contributed by atoms with E-state index in [1.807, 2.05) is 0 Å². The zero-order valence-electron chi connectivity index (χ0n) is 14.6. The van der Waals surface area contributed by atoms with Crippen molar-refractivity contribution in [3.05, 3.63) is 24.3 Å². The van der Waals surface area contributed by atoms with Crippen LogP contribution in [0.2, 0.25) is 0 Å². The fourth-order valence-corrected chi connectivity index (χ4v) is 3.43. The zero-order valence-corrected chi connectivity index (χ0v) is 15.5. The van der Waals surface area contributed by atoms with Crippen molar-refractivity contribution in [1.29, 1.82) is 0 Å². The van der Waals surface area contributed by atoms with Crippen LogP contribution in [-0.2, 0) is 19.6 Å². The molecule has 25 heavy (non-hydrogen) atoms. The Morgan fingerprint density at radius 1 is 1.20 bits per heavy atom. The van der Waals surface area contributed by atoms with Gasteiger partial charge in [0.2, 0.25) is 15.9 Å². The summed E-state index contributed by atoms with van der Waals surface area (Å²) in [6, 6.07) is 3.55. The van der Waals surface area contributed by atoms with Gasteiger partial charge in [0.25, 0.3) is 0 Å². The highest BCUT2D eigenvalue weighted by atomic mass is 32.2. The molecule has 1 rings (SSSR count). The van der Waals surface area contributed by atoms with Crippen molar-refractivity contribution in [3.63, 3.8) is 0 Å². The van der Waals surface area contributed by atoms with Gasteiger partial charge in [-0.1, -0.05) is 20.8 Å². The van der Waals surface area contributed by atoms with E-state index in [1.165, 1.54) is 31.4 Å². The van der Waals surface area contributed by atoms with E-state index in [2.05, 4.69) is 10.0 Å². The molecule has 2 atom stereocenters. The Kier molecular flexibility index (Phi) is 7.38. The Morgan fingerprint density at radius 3 is 2.16 bits per heavy atom. The van der Waals surface area contributed by atoms with Crippen molar-refractivity contribution in [1.82, 2.24) is 10.0 Å².